The smallest absolute Gasteiger partial charge is 0.123 e. The van der Waals surface area contributed by atoms with E-state index in [1.165, 1.54) is 11.3 Å². The van der Waals surface area contributed by atoms with Crippen LogP contribution in [-0.2, 0) is 5.60 Å². The van der Waals surface area contributed by atoms with E-state index in [1.54, 1.807) is 5.51 Å². The Kier molecular flexibility index (Phi) is 3.26. The monoisotopic (exact) mass is 249 g/mol. The molecule has 1 heterocycles. The summed E-state index contributed by atoms with van der Waals surface area (Å²) < 4.78 is 0.777. The van der Waals surface area contributed by atoms with Crippen LogP contribution in [0.5, 0.6) is 0 Å². The molecule has 0 atom stereocenters. The van der Waals surface area contributed by atoms with Gasteiger partial charge in [0, 0.05) is 0 Å². The maximum atomic E-state index is 10.1. The Morgan fingerprint density at radius 1 is 1.58 bits per heavy atom. The van der Waals surface area contributed by atoms with Crippen LogP contribution in [0.1, 0.15) is 31.6 Å². The molecule has 12 heavy (non-hydrogen) atoms. The molecule has 0 aliphatic carbocycles. The Balaban J connectivity index is 3.02. The molecule has 0 aromatic carbocycles. The van der Waals surface area contributed by atoms with E-state index in [0.717, 1.165) is 22.3 Å². The Morgan fingerprint density at radius 3 is 2.50 bits per heavy atom. The third-order valence-corrected chi connectivity index (χ3v) is 4.00. The third kappa shape index (κ3) is 1.70. The molecule has 1 aromatic rings. The first-order chi connectivity index (χ1) is 5.64. The lowest BCUT2D eigenvalue weighted by Crippen LogP contribution is -2.22. The minimum absolute atomic E-state index is 0.694. The molecular formula is C8H12BrNOS. The van der Waals surface area contributed by atoms with E-state index in [-0.39, 0.29) is 0 Å². The van der Waals surface area contributed by atoms with E-state index >= 15 is 0 Å². The van der Waals surface area contributed by atoms with E-state index in [2.05, 4.69) is 20.9 Å². The molecule has 1 N–H and O–H groups in total. The normalized spacial score (nSPS) is 12.0. The van der Waals surface area contributed by atoms with Crippen LogP contribution in [0.3, 0.4) is 0 Å². The van der Waals surface area contributed by atoms with Gasteiger partial charge in [0.25, 0.3) is 0 Å². The molecule has 1 aromatic heterocycles. The molecule has 0 unspecified atom stereocenters. The number of thiazole rings is 1. The number of halogens is 1. The van der Waals surface area contributed by atoms with E-state index in [1.807, 2.05) is 13.8 Å². The van der Waals surface area contributed by atoms with Crippen molar-refractivity contribution >= 4 is 27.3 Å². The van der Waals surface area contributed by atoms with Crippen molar-refractivity contribution in [1.29, 1.82) is 0 Å². The second kappa shape index (κ2) is 3.85. The molecule has 0 amide bonds. The van der Waals surface area contributed by atoms with Crippen LogP contribution >= 0.6 is 27.3 Å². The highest BCUT2D eigenvalue weighted by Crippen LogP contribution is 2.35. The van der Waals surface area contributed by atoms with Gasteiger partial charge in [-0.3, -0.25) is 0 Å². The van der Waals surface area contributed by atoms with Gasteiger partial charge in [-0.15, -0.1) is 11.3 Å². The van der Waals surface area contributed by atoms with Gasteiger partial charge in [0.15, 0.2) is 0 Å². The van der Waals surface area contributed by atoms with Gasteiger partial charge in [0.1, 0.15) is 10.2 Å². The van der Waals surface area contributed by atoms with Crippen LogP contribution < -0.4 is 0 Å². The minimum atomic E-state index is -0.694. The van der Waals surface area contributed by atoms with Gasteiger partial charge in [-0.05, 0) is 28.8 Å². The number of hydrogen-bond donors (Lipinski definition) is 1. The zero-order chi connectivity index (χ0) is 9.19. The average Bonchev–Trinajstić information content (AvgIpc) is 2.51. The highest BCUT2D eigenvalue weighted by Gasteiger charge is 2.28. The van der Waals surface area contributed by atoms with Crippen molar-refractivity contribution in [2.24, 2.45) is 0 Å². The number of hydrogen-bond acceptors (Lipinski definition) is 3. The van der Waals surface area contributed by atoms with Crippen LogP contribution in [0.15, 0.2) is 10.1 Å². The third-order valence-electron chi connectivity index (χ3n) is 2.12. The van der Waals surface area contributed by atoms with Crippen molar-refractivity contribution in [3.8, 4) is 0 Å². The number of aromatic nitrogens is 1. The Labute approximate surface area is 84.8 Å². The molecule has 0 aliphatic rings. The van der Waals surface area contributed by atoms with Crippen molar-refractivity contribution in [3.05, 3.63) is 15.0 Å². The summed E-state index contributed by atoms with van der Waals surface area (Å²) in [6.45, 7) is 3.96. The van der Waals surface area contributed by atoms with Crippen molar-refractivity contribution in [2.45, 2.75) is 32.3 Å². The Hall–Kier alpha value is 0.0700. The molecule has 0 saturated carbocycles. The lowest BCUT2D eigenvalue weighted by Gasteiger charge is -2.23. The summed E-state index contributed by atoms with van der Waals surface area (Å²) in [6, 6.07) is 0. The molecule has 0 bridgehead atoms. The van der Waals surface area contributed by atoms with Gasteiger partial charge < -0.3 is 5.11 Å². The zero-order valence-electron chi connectivity index (χ0n) is 7.17. The van der Waals surface area contributed by atoms with Crippen molar-refractivity contribution in [2.75, 3.05) is 0 Å². The van der Waals surface area contributed by atoms with Gasteiger partial charge >= 0.3 is 0 Å². The zero-order valence-corrected chi connectivity index (χ0v) is 9.57. The van der Waals surface area contributed by atoms with Crippen LogP contribution in [0, 0.1) is 0 Å². The first-order valence-corrected chi connectivity index (χ1v) is 5.63. The van der Waals surface area contributed by atoms with E-state index in [9.17, 15) is 5.11 Å². The van der Waals surface area contributed by atoms with Gasteiger partial charge in [-0.2, -0.15) is 0 Å². The van der Waals surface area contributed by atoms with Gasteiger partial charge in [0.2, 0.25) is 0 Å². The van der Waals surface area contributed by atoms with Crippen molar-refractivity contribution in [3.63, 3.8) is 0 Å². The SMILES string of the molecule is CCC(O)(CC)c1scnc1Br. The summed E-state index contributed by atoms with van der Waals surface area (Å²) >= 11 is 4.82. The second-order valence-electron chi connectivity index (χ2n) is 2.71. The summed E-state index contributed by atoms with van der Waals surface area (Å²) in [5.41, 5.74) is 1.05. The topological polar surface area (TPSA) is 33.1 Å². The predicted octanol–water partition coefficient (Wildman–Crippen LogP) is 2.91. The molecule has 4 heteroatoms. The summed E-state index contributed by atoms with van der Waals surface area (Å²) in [4.78, 5) is 4.99. The maximum Gasteiger partial charge on any atom is 0.123 e. The fourth-order valence-corrected chi connectivity index (χ4v) is 2.91. The minimum Gasteiger partial charge on any atom is -0.384 e. The number of aliphatic hydroxyl groups is 1. The van der Waals surface area contributed by atoms with Crippen LogP contribution in [0.25, 0.3) is 0 Å². The molecule has 0 aliphatic heterocycles. The van der Waals surface area contributed by atoms with Crippen LogP contribution in [-0.4, -0.2) is 10.1 Å². The lowest BCUT2D eigenvalue weighted by molar-refractivity contribution is 0.0312. The highest BCUT2D eigenvalue weighted by molar-refractivity contribution is 9.10. The molecule has 2 nitrogen and oxygen atoms in total. The molecule has 68 valence electrons. The summed E-state index contributed by atoms with van der Waals surface area (Å²) in [5.74, 6) is 0. The fourth-order valence-electron chi connectivity index (χ4n) is 1.11. The molecule has 0 spiro atoms. The highest BCUT2D eigenvalue weighted by atomic mass is 79.9. The van der Waals surface area contributed by atoms with Gasteiger partial charge in [0.05, 0.1) is 10.4 Å². The van der Waals surface area contributed by atoms with E-state index in [4.69, 9.17) is 0 Å². The van der Waals surface area contributed by atoms with E-state index in [0.29, 0.717) is 0 Å². The summed E-state index contributed by atoms with van der Waals surface area (Å²) in [7, 11) is 0. The lowest BCUT2D eigenvalue weighted by atomic mass is 9.96. The Bertz CT molecular complexity index is 257. The second-order valence-corrected chi connectivity index (χ2v) is 4.32. The number of nitrogens with zero attached hydrogens (tertiary/aromatic N) is 1. The standard InChI is InChI=1S/C8H12BrNOS/c1-3-8(11,4-2)6-7(9)10-5-12-6/h5,11H,3-4H2,1-2H3. The van der Waals surface area contributed by atoms with E-state index < -0.39 is 5.60 Å². The first-order valence-electron chi connectivity index (χ1n) is 3.96. The largest absolute Gasteiger partial charge is 0.384 e. The first kappa shape index (κ1) is 10.2. The molecule has 0 radical (unpaired) electrons. The Morgan fingerprint density at radius 2 is 2.17 bits per heavy atom. The molecule has 0 saturated heterocycles. The van der Waals surface area contributed by atoms with Crippen molar-refractivity contribution < 1.29 is 5.11 Å². The van der Waals surface area contributed by atoms with Gasteiger partial charge in [-0.25, -0.2) is 4.98 Å². The molecule has 0 fully saturated rings. The quantitative estimate of drug-likeness (QED) is 0.894. The predicted molar refractivity (Wildman–Crippen MR) is 54.3 cm³/mol. The summed E-state index contributed by atoms with van der Waals surface area (Å²) in [6.07, 6.45) is 1.45. The fraction of sp³-hybridized carbons (Fsp3) is 0.625. The van der Waals surface area contributed by atoms with Crippen molar-refractivity contribution in [1.82, 2.24) is 4.98 Å². The summed E-state index contributed by atoms with van der Waals surface area (Å²) in [5, 5.41) is 10.1. The molecular weight excluding hydrogens is 238 g/mol. The average molecular weight is 250 g/mol. The van der Waals surface area contributed by atoms with Crippen LogP contribution in [0.2, 0.25) is 0 Å². The number of rotatable bonds is 3. The van der Waals surface area contributed by atoms with Crippen LogP contribution in [0.4, 0.5) is 0 Å². The van der Waals surface area contributed by atoms with Gasteiger partial charge in [-0.1, -0.05) is 13.8 Å². The molecule has 1 rings (SSSR count). The maximum absolute atomic E-state index is 10.1.